The summed E-state index contributed by atoms with van der Waals surface area (Å²) in [5.74, 6) is 1.33. The van der Waals surface area contributed by atoms with Gasteiger partial charge in [-0.3, -0.25) is 4.79 Å². The first kappa shape index (κ1) is 15.8. The molecule has 24 heavy (non-hydrogen) atoms. The molecule has 0 aliphatic heterocycles. The van der Waals surface area contributed by atoms with Crippen molar-refractivity contribution >= 4 is 23.1 Å². The summed E-state index contributed by atoms with van der Waals surface area (Å²) < 4.78 is 11.1. The van der Waals surface area contributed by atoms with Gasteiger partial charge < -0.3 is 9.15 Å². The monoisotopic (exact) mass is 318 g/mol. The van der Waals surface area contributed by atoms with Gasteiger partial charge in [0.25, 0.3) is 0 Å². The fourth-order valence-electron chi connectivity index (χ4n) is 2.55. The van der Waals surface area contributed by atoms with Crippen LogP contribution in [-0.2, 0) is 6.42 Å². The van der Waals surface area contributed by atoms with Gasteiger partial charge in [0.1, 0.15) is 17.1 Å². The maximum atomic E-state index is 12.3. The number of rotatable bonds is 5. The third-order valence-electron chi connectivity index (χ3n) is 3.78. The molecular weight excluding hydrogens is 300 g/mol. The molecule has 1 aromatic heterocycles. The van der Waals surface area contributed by atoms with E-state index in [2.05, 4.69) is 6.58 Å². The first-order valence-electron chi connectivity index (χ1n) is 7.70. The molecule has 3 aromatic rings. The first-order valence-corrected chi connectivity index (χ1v) is 7.70. The van der Waals surface area contributed by atoms with E-state index in [1.807, 2.05) is 42.5 Å². The third-order valence-corrected chi connectivity index (χ3v) is 3.78. The molecule has 0 atom stereocenters. The van der Waals surface area contributed by atoms with Crippen molar-refractivity contribution in [1.29, 1.82) is 0 Å². The fourth-order valence-corrected chi connectivity index (χ4v) is 2.55. The molecule has 0 N–H and O–H groups in total. The highest BCUT2D eigenvalue weighted by molar-refractivity contribution is 5.81. The number of hydrogen-bond acceptors (Lipinski definition) is 3. The Bertz CT molecular complexity index is 947. The van der Waals surface area contributed by atoms with Gasteiger partial charge in [-0.05, 0) is 41.8 Å². The van der Waals surface area contributed by atoms with Crippen LogP contribution < -0.4 is 10.2 Å². The number of benzene rings is 2. The highest BCUT2D eigenvalue weighted by atomic mass is 16.5. The molecule has 0 aliphatic rings. The zero-order valence-electron chi connectivity index (χ0n) is 13.5. The van der Waals surface area contributed by atoms with Crippen molar-refractivity contribution in [1.82, 2.24) is 0 Å². The predicted molar refractivity (Wildman–Crippen MR) is 98.3 cm³/mol. The molecule has 120 valence electrons. The van der Waals surface area contributed by atoms with Crippen LogP contribution in [0.2, 0.25) is 0 Å². The third kappa shape index (κ3) is 3.30. The van der Waals surface area contributed by atoms with Crippen LogP contribution in [0.3, 0.4) is 0 Å². The minimum atomic E-state index is -0.0449. The second kappa shape index (κ2) is 7.01. The number of para-hydroxylation sites is 1. The van der Waals surface area contributed by atoms with Crippen molar-refractivity contribution in [2.75, 3.05) is 7.11 Å². The SMILES string of the molecule is C=CCc1cccc2c(=O)cc(/C=C/c3ccc(OC)cc3)oc12. The topological polar surface area (TPSA) is 39.4 Å². The molecule has 0 amide bonds. The molecule has 3 rings (SSSR count). The molecule has 0 saturated carbocycles. The van der Waals surface area contributed by atoms with Gasteiger partial charge in [0.05, 0.1) is 12.5 Å². The summed E-state index contributed by atoms with van der Waals surface area (Å²) >= 11 is 0. The molecule has 0 unspecified atom stereocenters. The van der Waals surface area contributed by atoms with E-state index in [4.69, 9.17) is 9.15 Å². The van der Waals surface area contributed by atoms with Gasteiger partial charge >= 0.3 is 0 Å². The second-order valence-corrected chi connectivity index (χ2v) is 5.41. The van der Waals surface area contributed by atoms with E-state index in [9.17, 15) is 4.79 Å². The lowest BCUT2D eigenvalue weighted by atomic mass is 10.1. The number of fused-ring (bicyclic) bond motifs is 1. The summed E-state index contributed by atoms with van der Waals surface area (Å²) in [4.78, 5) is 12.3. The molecule has 0 fully saturated rings. The van der Waals surface area contributed by atoms with Crippen molar-refractivity contribution < 1.29 is 9.15 Å². The minimum Gasteiger partial charge on any atom is -0.497 e. The number of ether oxygens (including phenoxy) is 1. The molecule has 2 aromatic carbocycles. The van der Waals surface area contributed by atoms with Gasteiger partial charge in [-0.1, -0.05) is 36.4 Å². The maximum absolute atomic E-state index is 12.3. The quantitative estimate of drug-likeness (QED) is 0.640. The summed E-state index contributed by atoms with van der Waals surface area (Å²) in [6, 6.07) is 14.8. The minimum absolute atomic E-state index is 0.0449. The van der Waals surface area contributed by atoms with Crippen LogP contribution >= 0.6 is 0 Å². The Kier molecular flexibility index (Phi) is 4.62. The van der Waals surface area contributed by atoms with E-state index in [1.165, 1.54) is 6.07 Å². The lowest BCUT2D eigenvalue weighted by Gasteiger charge is -2.04. The van der Waals surface area contributed by atoms with Gasteiger partial charge in [0, 0.05) is 6.07 Å². The Morgan fingerprint density at radius 3 is 2.62 bits per heavy atom. The van der Waals surface area contributed by atoms with E-state index < -0.39 is 0 Å². The van der Waals surface area contributed by atoms with Crippen molar-refractivity contribution in [3.63, 3.8) is 0 Å². The lowest BCUT2D eigenvalue weighted by Crippen LogP contribution is -2.01. The Morgan fingerprint density at radius 2 is 1.92 bits per heavy atom. The zero-order valence-corrected chi connectivity index (χ0v) is 13.5. The van der Waals surface area contributed by atoms with Gasteiger partial charge in [-0.15, -0.1) is 6.58 Å². The van der Waals surface area contributed by atoms with Crippen molar-refractivity contribution in [2.24, 2.45) is 0 Å². The summed E-state index contributed by atoms with van der Waals surface area (Å²) in [6.45, 7) is 3.75. The predicted octanol–water partition coefficient (Wildman–Crippen LogP) is 4.70. The molecule has 0 bridgehead atoms. The molecule has 3 nitrogen and oxygen atoms in total. The molecule has 1 heterocycles. The molecule has 3 heteroatoms. The Morgan fingerprint density at radius 1 is 1.12 bits per heavy atom. The average Bonchev–Trinajstić information content (AvgIpc) is 2.61. The van der Waals surface area contributed by atoms with E-state index in [0.29, 0.717) is 23.2 Å². The Balaban J connectivity index is 1.99. The second-order valence-electron chi connectivity index (χ2n) is 5.41. The van der Waals surface area contributed by atoms with Crippen LogP contribution in [0, 0.1) is 0 Å². The Labute approximate surface area is 140 Å². The Hall–Kier alpha value is -3.07. The number of methoxy groups -OCH3 is 1. The van der Waals surface area contributed by atoms with Gasteiger partial charge in [-0.2, -0.15) is 0 Å². The average molecular weight is 318 g/mol. The summed E-state index contributed by atoms with van der Waals surface area (Å²) in [5, 5.41) is 0.593. The summed E-state index contributed by atoms with van der Waals surface area (Å²) in [5.41, 5.74) is 2.54. The van der Waals surface area contributed by atoms with E-state index >= 15 is 0 Å². The van der Waals surface area contributed by atoms with Crippen LogP contribution in [0.1, 0.15) is 16.9 Å². The van der Waals surface area contributed by atoms with Crippen LogP contribution in [-0.4, -0.2) is 7.11 Å². The van der Waals surface area contributed by atoms with E-state index in [-0.39, 0.29) is 5.43 Å². The van der Waals surface area contributed by atoms with Crippen molar-refractivity contribution in [2.45, 2.75) is 6.42 Å². The molecule has 0 spiro atoms. The van der Waals surface area contributed by atoms with Gasteiger partial charge in [0.15, 0.2) is 5.43 Å². The normalized spacial score (nSPS) is 11.0. The summed E-state index contributed by atoms with van der Waals surface area (Å²) in [7, 11) is 1.63. The fraction of sp³-hybridized carbons (Fsp3) is 0.0952. The van der Waals surface area contributed by atoms with Crippen molar-refractivity contribution in [3.8, 4) is 5.75 Å². The smallest absolute Gasteiger partial charge is 0.193 e. The standard InChI is InChI=1S/C21H18O3/c1-3-5-16-6-4-7-19-20(22)14-18(24-21(16)19)13-10-15-8-11-17(23-2)12-9-15/h3-4,6-14H,1,5H2,2H3/b13-10+. The largest absolute Gasteiger partial charge is 0.497 e. The van der Waals surface area contributed by atoms with Crippen molar-refractivity contribution in [3.05, 3.63) is 88.3 Å². The van der Waals surface area contributed by atoms with Gasteiger partial charge in [0.2, 0.25) is 0 Å². The van der Waals surface area contributed by atoms with Gasteiger partial charge in [-0.25, -0.2) is 0 Å². The molecule has 0 radical (unpaired) electrons. The highest BCUT2D eigenvalue weighted by Gasteiger charge is 2.07. The first-order chi connectivity index (χ1) is 11.7. The number of allylic oxidation sites excluding steroid dienone is 1. The van der Waals surface area contributed by atoms with Crippen LogP contribution in [0.4, 0.5) is 0 Å². The molecule has 0 aliphatic carbocycles. The molecule has 0 saturated heterocycles. The van der Waals surface area contributed by atoms with Crippen LogP contribution in [0.5, 0.6) is 5.75 Å². The van der Waals surface area contributed by atoms with E-state index in [0.717, 1.165) is 16.9 Å². The lowest BCUT2D eigenvalue weighted by molar-refractivity contribution is 0.415. The highest BCUT2D eigenvalue weighted by Crippen LogP contribution is 2.20. The number of hydrogen-bond donors (Lipinski definition) is 0. The zero-order chi connectivity index (χ0) is 16.9. The maximum Gasteiger partial charge on any atom is 0.193 e. The van der Waals surface area contributed by atoms with Crippen LogP contribution in [0.15, 0.2) is 70.4 Å². The van der Waals surface area contributed by atoms with E-state index in [1.54, 1.807) is 25.3 Å². The molecular formula is C21H18O3. The van der Waals surface area contributed by atoms with Crippen LogP contribution in [0.25, 0.3) is 23.1 Å². The summed E-state index contributed by atoms with van der Waals surface area (Å²) in [6.07, 6.45) is 6.16.